The molecule has 0 aliphatic carbocycles. The largest absolute Gasteiger partial charge is 0.336 e. The molecular formula is C19H22ClN5OS. The van der Waals surface area contributed by atoms with Crippen molar-refractivity contribution >= 4 is 38.9 Å². The van der Waals surface area contributed by atoms with Crippen molar-refractivity contribution in [3.8, 4) is 0 Å². The van der Waals surface area contributed by atoms with Crippen molar-refractivity contribution in [3.63, 3.8) is 0 Å². The van der Waals surface area contributed by atoms with Gasteiger partial charge in [-0.3, -0.25) is 4.79 Å². The third-order valence-electron chi connectivity index (χ3n) is 4.68. The Balaban J connectivity index is 1.44. The fraction of sp³-hybridized carbons (Fsp3) is 0.421. The molecule has 3 aromatic rings. The summed E-state index contributed by atoms with van der Waals surface area (Å²) in [4.78, 5) is 22.1. The Hall–Kier alpha value is -2.12. The van der Waals surface area contributed by atoms with Crippen molar-refractivity contribution in [2.45, 2.75) is 32.7 Å². The lowest BCUT2D eigenvalue weighted by Gasteiger charge is -2.34. The van der Waals surface area contributed by atoms with E-state index in [0.29, 0.717) is 24.7 Å². The van der Waals surface area contributed by atoms with Gasteiger partial charge in [0.1, 0.15) is 0 Å². The van der Waals surface area contributed by atoms with E-state index in [1.807, 2.05) is 44.8 Å². The van der Waals surface area contributed by atoms with E-state index in [9.17, 15) is 4.79 Å². The summed E-state index contributed by atoms with van der Waals surface area (Å²) < 4.78 is 1.82. The molecule has 0 saturated carbocycles. The molecule has 0 atom stereocenters. The maximum Gasteiger partial charge on any atom is 0.242 e. The van der Waals surface area contributed by atoms with Crippen LogP contribution < -0.4 is 4.90 Å². The predicted octanol–water partition coefficient (Wildman–Crippen LogP) is 3.59. The number of rotatable bonds is 3. The van der Waals surface area contributed by atoms with Crippen molar-refractivity contribution in [1.29, 1.82) is 0 Å². The van der Waals surface area contributed by atoms with Crippen molar-refractivity contribution in [1.82, 2.24) is 19.5 Å². The Morgan fingerprint density at radius 1 is 1.19 bits per heavy atom. The number of carbonyl (C=O) groups excluding carboxylic acids is 1. The van der Waals surface area contributed by atoms with E-state index in [1.165, 1.54) is 11.3 Å². The smallest absolute Gasteiger partial charge is 0.242 e. The van der Waals surface area contributed by atoms with Crippen LogP contribution in [0.25, 0.3) is 4.96 Å². The van der Waals surface area contributed by atoms with Crippen LogP contribution in [-0.4, -0.2) is 45.0 Å². The van der Waals surface area contributed by atoms with Crippen LogP contribution >= 0.6 is 22.9 Å². The summed E-state index contributed by atoms with van der Waals surface area (Å²) in [6.45, 7) is 8.81. The summed E-state index contributed by atoms with van der Waals surface area (Å²) in [5.74, 6) is 0.111. The third kappa shape index (κ3) is 3.80. The number of anilines is 1. The fourth-order valence-corrected chi connectivity index (χ4v) is 4.06. The van der Waals surface area contributed by atoms with Crippen LogP contribution in [-0.2, 0) is 16.8 Å². The minimum absolute atomic E-state index is 0.00313. The molecule has 0 spiro atoms. The van der Waals surface area contributed by atoms with Gasteiger partial charge in [0.25, 0.3) is 0 Å². The van der Waals surface area contributed by atoms with Crippen LogP contribution in [0.2, 0.25) is 5.02 Å². The SMILES string of the molecule is CC(C)(C)c1cn2nc(N3CCN(Cc4ccc(Cl)cc4)C(=O)C3)sc2n1. The van der Waals surface area contributed by atoms with Crippen LogP contribution in [0, 0.1) is 0 Å². The highest BCUT2D eigenvalue weighted by molar-refractivity contribution is 7.20. The number of fused-ring (bicyclic) bond motifs is 1. The third-order valence-corrected chi connectivity index (χ3v) is 5.91. The maximum absolute atomic E-state index is 12.6. The van der Waals surface area contributed by atoms with E-state index >= 15 is 0 Å². The van der Waals surface area contributed by atoms with Gasteiger partial charge in [-0.1, -0.05) is 55.8 Å². The standard InChI is InChI=1S/C19H22ClN5OS/c1-19(2,3)15-11-25-17(21-15)27-18(22-25)24-9-8-23(16(26)12-24)10-13-4-6-14(20)7-5-13/h4-7,11H,8-10,12H2,1-3H3. The van der Waals surface area contributed by atoms with E-state index in [2.05, 4.69) is 30.9 Å². The zero-order valence-corrected chi connectivity index (χ0v) is 17.2. The predicted molar refractivity (Wildman–Crippen MR) is 109 cm³/mol. The van der Waals surface area contributed by atoms with Crippen molar-refractivity contribution in [2.24, 2.45) is 0 Å². The summed E-state index contributed by atoms with van der Waals surface area (Å²) in [6.07, 6.45) is 1.98. The molecule has 6 nitrogen and oxygen atoms in total. The topological polar surface area (TPSA) is 53.7 Å². The molecule has 27 heavy (non-hydrogen) atoms. The highest BCUT2D eigenvalue weighted by Crippen LogP contribution is 2.28. The molecule has 1 aliphatic rings. The fourth-order valence-electron chi connectivity index (χ4n) is 3.03. The van der Waals surface area contributed by atoms with Gasteiger partial charge in [-0.2, -0.15) is 0 Å². The zero-order chi connectivity index (χ0) is 19.2. The number of imidazole rings is 1. The molecule has 3 heterocycles. The number of halogens is 1. The number of hydrogen-bond acceptors (Lipinski definition) is 5. The summed E-state index contributed by atoms with van der Waals surface area (Å²) in [7, 11) is 0. The van der Waals surface area contributed by atoms with Gasteiger partial charge in [0.2, 0.25) is 16.0 Å². The van der Waals surface area contributed by atoms with Crippen LogP contribution in [0.15, 0.2) is 30.5 Å². The number of piperazine rings is 1. The highest BCUT2D eigenvalue weighted by atomic mass is 35.5. The van der Waals surface area contributed by atoms with E-state index < -0.39 is 0 Å². The van der Waals surface area contributed by atoms with Gasteiger partial charge in [0.15, 0.2) is 0 Å². The minimum Gasteiger partial charge on any atom is -0.336 e. The van der Waals surface area contributed by atoms with Crippen molar-refractivity contribution < 1.29 is 4.79 Å². The summed E-state index contributed by atoms with van der Waals surface area (Å²) in [5.41, 5.74) is 2.11. The molecule has 1 aliphatic heterocycles. The molecule has 8 heteroatoms. The average Bonchev–Trinajstić information content (AvgIpc) is 3.17. The lowest BCUT2D eigenvalue weighted by atomic mass is 9.93. The Bertz CT molecular complexity index is 941. The van der Waals surface area contributed by atoms with Crippen molar-refractivity contribution in [2.75, 3.05) is 24.5 Å². The van der Waals surface area contributed by atoms with Gasteiger partial charge >= 0.3 is 0 Å². The summed E-state index contributed by atoms with van der Waals surface area (Å²) >= 11 is 7.46. The van der Waals surface area contributed by atoms with E-state index in [1.54, 1.807) is 0 Å². The van der Waals surface area contributed by atoms with Crippen LogP contribution in [0.5, 0.6) is 0 Å². The Labute approximate surface area is 167 Å². The number of benzene rings is 1. The van der Waals surface area contributed by atoms with Gasteiger partial charge in [-0.25, -0.2) is 9.50 Å². The molecule has 0 N–H and O–H groups in total. The molecule has 1 saturated heterocycles. The molecule has 1 aromatic carbocycles. The zero-order valence-electron chi connectivity index (χ0n) is 15.6. The monoisotopic (exact) mass is 403 g/mol. The molecule has 142 valence electrons. The van der Waals surface area contributed by atoms with Crippen LogP contribution in [0.4, 0.5) is 5.13 Å². The second kappa shape index (κ2) is 6.80. The number of carbonyl (C=O) groups is 1. The molecule has 0 bridgehead atoms. The number of nitrogens with zero attached hydrogens (tertiary/aromatic N) is 5. The lowest BCUT2D eigenvalue weighted by molar-refractivity contribution is -0.131. The van der Waals surface area contributed by atoms with Gasteiger partial charge in [-0.15, -0.1) is 5.10 Å². The highest BCUT2D eigenvalue weighted by Gasteiger charge is 2.27. The summed E-state index contributed by atoms with van der Waals surface area (Å²) in [6, 6.07) is 7.64. The van der Waals surface area contributed by atoms with Gasteiger partial charge in [0.05, 0.1) is 18.4 Å². The van der Waals surface area contributed by atoms with Crippen LogP contribution in [0.3, 0.4) is 0 Å². The second-order valence-corrected chi connectivity index (χ2v) is 9.22. The molecule has 0 radical (unpaired) electrons. The number of amides is 1. The van der Waals surface area contributed by atoms with E-state index in [0.717, 1.165) is 27.9 Å². The molecule has 2 aromatic heterocycles. The van der Waals surface area contributed by atoms with Gasteiger partial charge < -0.3 is 9.80 Å². The minimum atomic E-state index is -0.00313. The molecule has 1 amide bonds. The first-order valence-corrected chi connectivity index (χ1v) is 10.1. The normalized spacial score (nSPS) is 15.8. The first kappa shape index (κ1) is 18.3. The lowest BCUT2D eigenvalue weighted by Crippen LogP contribution is -2.50. The molecule has 0 unspecified atom stereocenters. The first-order chi connectivity index (χ1) is 12.8. The Kier molecular flexibility index (Phi) is 4.60. The Morgan fingerprint density at radius 2 is 1.93 bits per heavy atom. The molecule has 4 rings (SSSR count). The first-order valence-electron chi connectivity index (χ1n) is 8.93. The van der Waals surface area contributed by atoms with E-state index in [4.69, 9.17) is 11.6 Å². The molecule has 1 fully saturated rings. The second-order valence-electron chi connectivity index (χ2n) is 7.85. The number of aromatic nitrogens is 3. The van der Waals surface area contributed by atoms with Gasteiger partial charge in [-0.05, 0) is 17.7 Å². The Morgan fingerprint density at radius 3 is 2.56 bits per heavy atom. The quantitative estimate of drug-likeness (QED) is 0.670. The molecular weight excluding hydrogens is 382 g/mol. The maximum atomic E-state index is 12.6. The summed E-state index contributed by atoms with van der Waals surface area (Å²) in [5, 5.41) is 6.19. The van der Waals surface area contributed by atoms with E-state index in [-0.39, 0.29) is 11.3 Å². The van der Waals surface area contributed by atoms with Crippen LogP contribution in [0.1, 0.15) is 32.0 Å². The van der Waals surface area contributed by atoms with Gasteiger partial charge in [0, 0.05) is 30.1 Å². The van der Waals surface area contributed by atoms with Crippen molar-refractivity contribution in [3.05, 3.63) is 46.7 Å². The number of hydrogen-bond donors (Lipinski definition) is 0. The average molecular weight is 404 g/mol.